The molecule has 26 heavy (non-hydrogen) atoms. The molecule has 1 saturated heterocycles. The predicted molar refractivity (Wildman–Crippen MR) is 99.4 cm³/mol. The number of hydrogen-bond donors (Lipinski definition) is 0. The molecule has 0 saturated carbocycles. The Morgan fingerprint density at radius 3 is 2.50 bits per heavy atom. The average Bonchev–Trinajstić information content (AvgIpc) is 2.53. The fourth-order valence-electron chi connectivity index (χ4n) is 2.78. The van der Waals surface area contributed by atoms with Crippen molar-refractivity contribution < 1.29 is 13.9 Å². The number of halogens is 2. The SMILES string of the molecule is CC(C)(C)OC(=O)N1CCN(n2cnc3cc(Br)cc(F)c3c2=O)CC1. The zero-order chi connectivity index (χ0) is 19.1. The van der Waals surface area contributed by atoms with Crippen LogP contribution in [-0.2, 0) is 4.74 Å². The van der Waals surface area contributed by atoms with E-state index in [-0.39, 0.29) is 11.5 Å². The van der Waals surface area contributed by atoms with Crippen LogP contribution in [0.3, 0.4) is 0 Å². The molecule has 0 atom stereocenters. The summed E-state index contributed by atoms with van der Waals surface area (Å²) >= 11 is 3.20. The number of carbonyl (C=O) groups excluding carboxylic acids is 1. The Balaban J connectivity index is 1.79. The van der Waals surface area contributed by atoms with Crippen LogP contribution in [0.25, 0.3) is 10.9 Å². The van der Waals surface area contributed by atoms with Gasteiger partial charge in [0.05, 0.1) is 18.6 Å². The molecule has 0 unspecified atom stereocenters. The summed E-state index contributed by atoms with van der Waals surface area (Å²) in [6.45, 7) is 7.09. The number of amides is 1. The fraction of sp³-hybridized carbons (Fsp3) is 0.471. The molecule has 1 aliphatic rings. The van der Waals surface area contributed by atoms with Gasteiger partial charge in [0.1, 0.15) is 23.1 Å². The molecule has 3 rings (SSSR count). The first kappa shape index (κ1) is 18.6. The van der Waals surface area contributed by atoms with Crippen LogP contribution >= 0.6 is 15.9 Å². The summed E-state index contributed by atoms with van der Waals surface area (Å²) in [6, 6.07) is 2.85. The maximum atomic E-state index is 14.2. The Kier molecular flexibility index (Phi) is 4.92. The Bertz CT molecular complexity index is 901. The van der Waals surface area contributed by atoms with Gasteiger partial charge in [0.2, 0.25) is 0 Å². The van der Waals surface area contributed by atoms with E-state index in [1.807, 2.05) is 20.8 Å². The standard InChI is InChI=1S/C17H20BrFN4O3/c1-17(2,3)26-16(25)21-4-6-22(7-5-21)23-10-20-13-9-11(18)8-12(19)14(13)15(23)24/h8-10H,4-7H2,1-3H3. The molecule has 140 valence electrons. The van der Waals surface area contributed by atoms with Crippen LogP contribution in [0.5, 0.6) is 0 Å². The van der Waals surface area contributed by atoms with Crippen molar-refractivity contribution in [3.05, 3.63) is 39.1 Å². The quantitative estimate of drug-likeness (QED) is 0.700. The average molecular weight is 427 g/mol. The van der Waals surface area contributed by atoms with Crippen LogP contribution in [-0.4, -0.2) is 52.4 Å². The normalized spacial score (nSPS) is 15.4. The summed E-state index contributed by atoms with van der Waals surface area (Å²) in [5.41, 5.74) is -0.726. The zero-order valence-corrected chi connectivity index (χ0v) is 16.4. The third-order valence-corrected chi connectivity index (χ3v) is 4.43. The highest BCUT2D eigenvalue weighted by molar-refractivity contribution is 9.10. The van der Waals surface area contributed by atoms with E-state index in [1.54, 1.807) is 16.0 Å². The number of benzene rings is 1. The Hall–Kier alpha value is -2.16. The number of rotatable bonds is 1. The minimum absolute atomic E-state index is 0.0507. The summed E-state index contributed by atoms with van der Waals surface area (Å²) in [6.07, 6.45) is 1.01. The topological polar surface area (TPSA) is 67.7 Å². The van der Waals surface area contributed by atoms with Crippen molar-refractivity contribution in [1.29, 1.82) is 0 Å². The Labute approximate surface area is 158 Å². The van der Waals surface area contributed by atoms with Gasteiger partial charge in [-0.25, -0.2) is 18.8 Å². The van der Waals surface area contributed by atoms with Crippen molar-refractivity contribution in [1.82, 2.24) is 14.6 Å². The molecule has 0 bridgehead atoms. The first-order chi connectivity index (χ1) is 12.2. The van der Waals surface area contributed by atoms with E-state index in [2.05, 4.69) is 20.9 Å². The van der Waals surface area contributed by atoms with Gasteiger partial charge in [0.25, 0.3) is 5.56 Å². The minimum atomic E-state index is -0.617. The van der Waals surface area contributed by atoms with E-state index in [1.165, 1.54) is 17.1 Å². The molecule has 0 spiro atoms. The predicted octanol–water partition coefficient (Wildman–Crippen LogP) is 2.49. The lowest BCUT2D eigenvalue weighted by Gasteiger charge is -2.36. The van der Waals surface area contributed by atoms with Gasteiger partial charge in [-0.2, -0.15) is 0 Å². The van der Waals surface area contributed by atoms with Gasteiger partial charge in [-0.15, -0.1) is 0 Å². The fourth-order valence-corrected chi connectivity index (χ4v) is 3.20. The lowest BCUT2D eigenvalue weighted by molar-refractivity contribution is 0.0232. The summed E-state index contributed by atoms with van der Waals surface area (Å²) in [4.78, 5) is 30.6. The van der Waals surface area contributed by atoms with Crippen molar-refractivity contribution in [2.75, 3.05) is 31.2 Å². The van der Waals surface area contributed by atoms with E-state index in [0.29, 0.717) is 36.2 Å². The molecule has 0 aliphatic carbocycles. The molecule has 2 aromatic rings. The van der Waals surface area contributed by atoms with Crippen LogP contribution in [0.4, 0.5) is 9.18 Å². The molecule has 1 aromatic heterocycles. The largest absolute Gasteiger partial charge is 0.444 e. The Morgan fingerprint density at radius 2 is 1.88 bits per heavy atom. The first-order valence-corrected chi connectivity index (χ1v) is 9.04. The molecule has 1 aromatic carbocycles. The van der Waals surface area contributed by atoms with E-state index >= 15 is 0 Å². The van der Waals surface area contributed by atoms with Crippen LogP contribution in [0.1, 0.15) is 20.8 Å². The van der Waals surface area contributed by atoms with E-state index < -0.39 is 17.0 Å². The molecule has 2 heterocycles. The molecule has 1 amide bonds. The molecular weight excluding hydrogens is 407 g/mol. The number of ether oxygens (including phenoxy) is 1. The third kappa shape index (κ3) is 3.82. The van der Waals surface area contributed by atoms with E-state index in [0.717, 1.165) is 0 Å². The van der Waals surface area contributed by atoms with E-state index in [9.17, 15) is 14.0 Å². The van der Waals surface area contributed by atoms with Crippen molar-refractivity contribution >= 4 is 32.9 Å². The summed E-state index contributed by atoms with van der Waals surface area (Å²) in [7, 11) is 0. The zero-order valence-electron chi connectivity index (χ0n) is 14.8. The van der Waals surface area contributed by atoms with Gasteiger partial charge < -0.3 is 14.6 Å². The van der Waals surface area contributed by atoms with Crippen LogP contribution in [0, 0.1) is 5.82 Å². The first-order valence-electron chi connectivity index (χ1n) is 8.25. The van der Waals surface area contributed by atoms with Crippen molar-refractivity contribution in [2.45, 2.75) is 26.4 Å². The highest BCUT2D eigenvalue weighted by Crippen LogP contribution is 2.19. The van der Waals surface area contributed by atoms with Gasteiger partial charge in [0.15, 0.2) is 0 Å². The summed E-state index contributed by atoms with van der Waals surface area (Å²) in [5.74, 6) is -0.617. The molecule has 1 aliphatic heterocycles. The second kappa shape index (κ2) is 6.86. The lowest BCUT2D eigenvalue weighted by Crippen LogP contribution is -2.55. The van der Waals surface area contributed by atoms with Gasteiger partial charge in [-0.1, -0.05) is 15.9 Å². The second-order valence-corrected chi connectivity index (χ2v) is 8.01. The van der Waals surface area contributed by atoms with Crippen molar-refractivity contribution in [2.24, 2.45) is 0 Å². The van der Waals surface area contributed by atoms with Gasteiger partial charge >= 0.3 is 6.09 Å². The molecule has 0 radical (unpaired) electrons. The summed E-state index contributed by atoms with van der Waals surface area (Å²) < 4.78 is 21.4. The van der Waals surface area contributed by atoms with E-state index in [4.69, 9.17) is 4.74 Å². The number of piperazine rings is 1. The lowest BCUT2D eigenvalue weighted by atomic mass is 10.2. The maximum Gasteiger partial charge on any atom is 0.410 e. The summed E-state index contributed by atoms with van der Waals surface area (Å²) in [5, 5.41) is 1.70. The van der Waals surface area contributed by atoms with Crippen molar-refractivity contribution in [3.63, 3.8) is 0 Å². The number of fused-ring (bicyclic) bond motifs is 1. The highest BCUT2D eigenvalue weighted by Gasteiger charge is 2.26. The molecule has 9 heteroatoms. The smallest absolute Gasteiger partial charge is 0.410 e. The van der Waals surface area contributed by atoms with Crippen LogP contribution in [0.2, 0.25) is 0 Å². The molecule has 0 N–H and O–H groups in total. The maximum absolute atomic E-state index is 14.2. The highest BCUT2D eigenvalue weighted by atomic mass is 79.9. The number of aromatic nitrogens is 2. The molecular formula is C17H20BrFN4O3. The third-order valence-electron chi connectivity index (χ3n) is 3.97. The minimum Gasteiger partial charge on any atom is -0.444 e. The number of hydrogen-bond acceptors (Lipinski definition) is 5. The number of carbonyl (C=O) groups is 1. The molecule has 7 nitrogen and oxygen atoms in total. The van der Waals surface area contributed by atoms with Gasteiger partial charge in [-0.3, -0.25) is 4.79 Å². The van der Waals surface area contributed by atoms with Crippen LogP contribution < -0.4 is 10.6 Å². The Morgan fingerprint density at radius 1 is 1.23 bits per heavy atom. The number of nitrogens with zero attached hydrogens (tertiary/aromatic N) is 4. The van der Waals surface area contributed by atoms with Crippen molar-refractivity contribution in [3.8, 4) is 0 Å². The van der Waals surface area contributed by atoms with Gasteiger partial charge in [-0.05, 0) is 32.9 Å². The van der Waals surface area contributed by atoms with Crippen LogP contribution in [0.15, 0.2) is 27.7 Å². The molecule has 1 fully saturated rings. The second-order valence-electron chi connectivity index (χ2n) is 7.10. The monoisotopic (exact) mass is 426 g/mol. The van der Waals surface area contributed by atoms with Gasteiger partial charge in [0, 0.05) is 17.6 Å².